The van der Waals surface area contributed by atoms with Gasteiger partial charge in [0.2, 0.25) is 0 Å². The fourth-order valence-electron chi connectivity index (χ4n) is 5.41. The van der Waals surface area contributed by atoms with Crippen LogP contribution in [-0.4, -0.2) is 15.0 Å². The summed E-state index contributed by atoms with van der Waals surface area (Å²) in [5.74, 6) is 2.14. The molecule has 0 spiro atoms. The van der Waals surface area contributed by atoms with Crippen LogP contribution in [0, 0.1) is 5.92 Å². The van der Waals surface area contributed by atoms with E-state index in [0.717, 1.165) is 18.3 Å². The van der Waals surface area contributed by atoms with E-state index >= 15 is 0 Å². The van der Waals surface area contributed by atoms with Gasteiger partial charge in [-0.05, 0) is 78.0 Å². The predicted octanol–water partition coefficient (Wildman–Crippen LogP) is 7.28. The molecule has 0 aromatic carbocycles. The van der Waals surface area contributed by atoms with E-state index in [9.17, 15) is 0 Å². The van der Waals surface area contributed by atoms with Gasteiger partial charge in [-0.2, -0.15) is 0 Å². The van der Waals surface area contributed by atoms with Crippen molar-refractivity contribution in [1.29, 1.82) is 0 Å². The lowest BCUT2D eigenvalue weighted by Crippen LogP contribution is -2.18. The topological polar surface area (TPSA) is 38.7 Å². The molecule has 2 atom stereocenters. The maximum Gasteiger partial charge on any atom is 0.115 e. The molecule has 2 aliphatic carbocycles. The van der Waals surface area contributed by atoms with E-state index < -0.39 is 0 Å². The van der Waals surface area contributed by atoms with Crippen LogP contribution in [0.15, 0.2) is 18.6 Å². The maximum atomic E-state index is 4.57. The summed E-state index contributed by atoms with van der Waals surface area (Å²) >= 11 is 0. The summed E-state index contributed by atoms with van der Waals surface area (Å²) in [5, 5.41) is 0. The molecule has 2 heterocycles. The Labute approximate surface area is 190 Å². The summed E-state index contributed by atoms with van der Waals surface area (Å²) in [6.45, 7) is 20.6. The fraction of sp³-hybridized carbons (Fsp3) is 0.679. The first-order valence-corrected chi connectivity index (χ1v) is 12.3. The van der Waals surface area contributed by atoms with Gasteiger partial charge in [0.05, 0.1) is 5.69 Å². The second-order valence-corrected chi connectivity index (χ2v) is 11.8. The van der Waals surface area contributed by atoms with Gasteiger partial charge in [-0.3, -0.25) is 4.98 Å². The Morgan fingerprint density at radius 3 is 2.10 bits per heavy atom. The number of hydrogen-bond acceptors (Lipinski definition) is 3. The molecule has 0 saturated heterocycles. The van der Waals surface area contributed by atoms with E-state index in [4.69, 9.17) is 0 Å². The Bertz CT molecular complexity index is 899. The zero-order valence-corrected chi connectivity index (χ0v) is 21.3. The molecular formula is C28H43N3. The van der Waals surface area contributed by atoms with Crippen molar-refractivity contribution in [3.8, 4) is 0 Å². The highest BCUT2D eigenvalue weighted by Crippen LogP contribution is 2.43. The molecule has 0 unspecified atom stereocenters. The van der Waals surface area contributed by atoms with Crippen molar-refractivity contribution in [2.75, 3.05) is 0 Å². The Kier molecular flexibility index (Phi) is 6.93. The monoisotopic (exact) mass is 421 g/mol. The van der Waals surface area contributed by atoms with Crippen LogP contribution >= 0.6 is 0 Å². The molecule has 170 valence electrons. The summed E-state index contributed by atoms with van der Waals surface area (Å²) in [7, 11) is 0. The van der Waals surface area contributed by atoms with Crippen LogP contribution in [0.2, 0.25) is 0 Å². The van der Waals surface area contributed by atoms with Gasteiger partial charge in [-0.25, -0.2) is 9.97 Å². The van der Waals surface area contributed by atoms with Gasteiger partial charge in [0.1, 0.15) is 6.33 Å². The summed E-state index contributed by atoms with van der Waals surface area (Å²) in [4.78, 5) is 13.5. The maximum absolute atomic E-state index is 4.57. The molecule has 0 amide bonds. The first-order valence-electron chi connectivity index (χ1n) is 12.3. The third kappa shape index (κ3) is 5.02. The van der Waals surface area contributed by atoms with Gasteiger partial charge in [0, 0.05) is 23.0 Å². The first-order chi connectivity index (χ1) is 14.4. The van der Waals surface area contributed by atoms with Gasteiger partial charge < -0.3 is 0 Å². The lowest BCUT2D eigenvalue weighted by atomic mass is 9.79. The SMILES string of the molecule is CC(C)[C@@H]1CCc2nccc(C(C)(C)C)c21.CC[C@@H]1CCc2ncnc(C(C)(C)C)c21. The lowest BCUT2D eigenvalue weighted by Gasteiger charge is -2.26. The second kappa shape index (κ2) is 9.00. The van der Waals surface area contributed by atoms with Crippen LogP contribution in [0.4, 0.5) is 0 Å². The molecule has 2 aromatic rings. The highest BCUT2D eigenvalue weighted by Gasteiger charge is 2.32. The molecule has 2 aromatic heterocycles. The predicted molar refractivity (Wildman–Crippen MR) is 131 cm³/mol. The number of nitrogens with zero attached hydrogens (tertiary/aromatic N) is 3. The minimum absolute atomic E-state index is 0.144. The Hall–Kier alpha value is -1.77. The molecule has 31 heavy (non-hydrogen) atoms. The molecule has 0 fully saturated rings. The molecule has 4 rings (SSSR count). The van der Waals surface area contributed by atoms with E-state index in [1.165, 1.54) is 53.9 Å². The van der Waals surface area contributed by atoms with Crippen molar-refractivity contribution in [3.63, 3.8) is 0 Å². The number of fused-ring (bicyclic) bond motifs is 2. The first kappa shape index (κ1) is 23.9. The molecule has 0 bridgehead atoms. The van der Waals surface area contributed by atoms with Crippen LogP contribution in [0.25, 0.3) is 0 Å². The summed E-state index contributed by atoms with van der Waals surface area (Å²) in [6, 6.07) is 2.22. The van der Waals surface area contributed by atoms with Gasteiger partial charge in [-0.1, -0.05) is 62.3 Å². The van der Waals surface area contributed by atoms with Gasteiger partial charge in [0.15, 0.2) is 0 Å². The number of aryl methyl sites for hydroxylation is 2. The number of hydrogen-bond donors (Lipinski definition) is 0. The molecule has 0 N–H and O–H groups in total. The van der Waals surface area contributed by atoms with E-state index in [1.54, 1.807) is 11.9 Å². The van der Waals surface area contributed by atoms with Crippen LogP contribution in [0.3, 0.4) is 0 Å². The number of rotatable bonds is 2. The van der Waals surface area contributed by atoms with Crippen molar-refractivity contribution in [3.05, 3.63) is 52.4 Å². The van der Waals surface area contributed by atoms with Gasteiger partial charge >= 0.3 is 0 Å². The molecule has 3 nitrogen and oxygen atoms in total. The minimum atomic E-state index is 0.144. The van der Waals surface area contributed by atoms with E-state index in [-0.39, 0.29) is 10.8 Å². The summed E-state index contributed by atoms with van der Waals surface area (Å²) < 4.78 is 0. The smallest absolute Gasteiger partial charge is 0.115 e. The summed E-state index contributed by atoms with van der Waals surface area (Å²) in [6.07, 6.45) is 9.78. The lowest BCUT2D eigenvalue weighted by molar-refractivity contribution is 0.481. The van der Waals surface area contributed by atoms with Crippen LogP contribution in [-0.2, 0) is 23.7 Å². The average Bonchev–Trinajstić information content (AvgIpc) is 3.30. The Balaban J connectivity index is 0.000000176. The molecule has 0 aliphatic heterocycles. The fourth-order valence-corrected chi connectivity index (χ4v) is 5.41. The van der Waals surface area contributed by atoms with E-state index in [1.807, 2.05) is 6.20 Å². The van der Waals surface area contributed by atoms with Crippen LogP contribution < -0.4 is 0 Å². The number of aromatic nitrogens is 3. The standard InChI is InChI=1S/C15H23N.C13H20N2/c1-10(2)11-6-7-13-14(11)12(8-9-16-13)15(3,4)5;1-5-9-6-7-10-11(9)12(13(2,3)4)15-8-14-10/h8-11H,6-7H2,1-5H3;8-9H,5-7H2,1-4H3/t11-;9-/m01/s1. The zero-order chi connectivity index (χ0) is 23.0. The molecule has 2 aliphatic rings. The van der Waals surface area contributed by atoms with Crippen molar-refractivity contribution in [2.24, 2.45) is 5.92 Å². The Morgan fingerprint density at radius 1 is 0.871 bits per heavy atom. The normalized spacial score (nSPS) is 20.3. The summed E-state index contributed by atoms with van der Waals surface area (Å²) in [5.41, 5.74) is 8.81. The second-order valence-electron chi connectivity index (χ2n) is 11.8. The quantitative estimate of drug-likeness (QED) is 0.511. The minimum Gasteiger partial charge on any atom is -0.261 e. The van der Waals surface area contributed by atoms with Gasteiger partial charge in [-0.15, -0.1) is 0 Å². The largest absolute Gasteiger partial charge is 0.261 e. The van der Waals surface area contributed by atoms with Crippen LogP contribution in [0.5, 0.6) is 0 Å². The molecule has 0 radical (unpaired) electrons. The molecule has 0 saturated carbocycles. The molecular weight excluding hydrogens is 378 g/mol. The average molecular weight is 422 g/mol. The molecule has 3 heteroatoms. The van der Waals surface area contributed by atoms with E-state index in [2.05, 4.69) is 83.3 Å². The third-order valence-corrected chi connectivity index (χ3v) is 7.06. The Morgan fingerprint density at radius 2 is 1.52 bits per heavy atom. The highest BCUT2D eigenvalue weighted by molar-refractivity contribution is 5.41. The third-order valence-electron chi connectivity index (χ3n) is 7.06. The van der Waals surface area contributed by atoms with Crippen molar-refractivity contribution < 1.29 is 0 Å². The number of pyridine rings is 1. The highest BCUT2D eigenvalue weighted by atomic mass is 14.9. The van der Waals surface area contributed by atoms with Crippen molar-refractivity contribution in [1.82, 2.24) is 15.0 Å². The van der Waals surface area contributed by atoms with Crippen molar-refractivity contribution in [2.45, 2.75) is 117 Å². The van der Waals surface area contributed by atoms with E-state index in [0.29, 0.717) is 5.92 Å². The zero-order valence-electron chi connectivity index (χ0n) is 21.3. The van der Waals surface area contributed by atoms with Gasteiger partial charge in [0.25, 0.3) is 0 Å². The van der Waals surface area contributed by atoms with Crippen LogP contribution in [0.1, 0.15) is 127 Å². The van der Waals surface area contributed by atoms with Crippen molar-refractivity contribution >= 4 is 0 Å².